The summed E-state index contributed by atoms with van der Waals surface area (Å²) in [5.41, 5.74) is 16.7. The largest absolute Gasteiger partial charge is 0.457 e. The number of nitrogens with two attached hydrogens (primary N) is 2. The highest BCUT2D eigenvalue weighted by Crippen LogP contribution is 2.55. The van der Waals surface area contributed by atoms with Crippen molar-refractivity contribution in [2.45, 2.75) is 5.41 Å². The van der Waals surface area contributed by atoms with Crippen LogP contribution in [0.5, 0.6) is 34.5 Å². The van der Waals surface area contributed by atoms with Gasteiger partial charge in [0.25, 0.3) is 0 Å². The Kier molecular flexibility index (Phi) is 6.25. The molecule has 6 aromatic rings. The fourth-order valence-corrected chi connectivity index (χ4v) is 5.67. The van der Waals surface area contributed by atoms with E-state index >= 15 is 0 Å². The average Bonchev–Trinajstić information content (AvgIpc) is 3.03. The third-order valence-corrected chi connectivity index (χ3v) is 7.61. The van der Waals surface area contributed by atoms with E-state index in [9.17, 15) is 0 Å². The second kappa shape index (κ2) is 10.4. The van der Waals surface area contributed by atoms with E-state index in [1.165, 1.54) is 0 Å². The van der Waals surface area contributed by atoms with Gasteiger partial charge in [-0.05, 0) is 96.1 Å². The van der Waals surface area contributed by atoms with Crippen LogP contribution in [0.15, 0.2) is 146 Å². The molecular formula is C37H28N2O3. The molecule has 0 spiro atoms. The maximum atomic E-state index is 6.43. The highest BCUT2D eigenvalue weighted by atomic mass is 16.5. The predicted molar refractivity (Wildman–Crippen MR) is 167 cm³/mol. The van der Waals surface area contributed by atoms with E-state index in [1.807, 2.05) is 97.1 Å². The third kappa shape index (κ3) is 4.47. The van der Waals surface area contributed by atoms with Crippen LogP contribution in [0.2, 0.25) is 0 Å². The number of rotatable bonds is 6. The van der Waals surface area contributed by atoms with Crippen LogP contribution in [-0.4, -0.2) is 0 Å². The molecule has 0 fully saturated rings. The lowest BCUT2D eigenvalue weighted by atomic mass is 9.63. The predicted octanol–water partition coefficient (Wildman–Crippen LogP) is 8.92. The molecule has 0 saturated carbocycles. The Labute approximate surface area is 244 Å². The van der Waals surface area contributed by atoms with Crippen molar-refractivity contribution in [3.8, 4) is 34.5 Å². The molecule has 1 aliphatic heterocycles. The molecule has 1 heterocycles. The first-order valence-electron chi connectivity index (χ1n) is 13.7. The second-order valence-corrected chi connectivity index (χ2v) is 10.2. The minimum atomic E-state index is -0.648. The van der Waals surface area contributed by atoms with E-state index in [-0.39, 0.29) is 0 Å². The Morgan fingerprint density at radius 1 is 0.405 bits per heavy atom. The van der Waals surface area contributed by atoms with Crippen molar-refractivity contribution in [1.29, 1.82) is 0 Å². The van der Waals surface area contributed by atoms with Gasteiger partial charge in [-0.2, -0.15) is 0 Å². The van der Waals surface area contributed by atoms with E-state index in [2.05, 4.69) is 48.5 Å². The zero-order chi connectivity index (χ0) is 28.5. The van der Waals surface area contributed by atoms with Crippen LogP contribution >= 0.6 is 0 Å². The molecule has 5 nitrogen and oxygen atoms in total. The molecule has 0 aliphatic carbocycles. The zero-order valence-corrected chi connectivity index (χ0v) is 22.7. The van der Waals surface area contributed by atoms with Gasteiger partial charge in [-0.1, -0.05) is 60.7 Å². The second-order valence-electron chi connectivity index (χ2n) is 10.2. The molecule has 0 amide bonds. The van der Waals surface area contributed by atoms with Crippen LogP contribution in [0.3, 0.4) is 0 Å². The van der Waals surface area contributed by atoms with Gasteiger partial charge in [-0.15, -0.1) is 0 Å². The molecule has 1 aliphatic rings. The van der Waals surface area contributed by atoms with E-state index in [0.717, 1.165) is 56.8 Å². The first-order chi connectivity index (χ1) is 20.6. The molecule has 0 unspecified atom stereocenters. The van der Waals surface area contributed by atoms with Gasteiger partial charge in [0.05, 0.1) is 5.41 Å². The molecule has 5 heteroatoms. The van der Waals surface area contributed by atoms with Crippen molar-refractivity contribution < 1.29 is 14.2 Å². The summed E-state index contributed by atoms with van der Waals surface area (Å²) in [4.78, 5) is 0. The summed E-state index contributed by atoms with van der Waals surface area (Å²) in [5.74, 6) is 4.57. The lowest BCUT2D eigenvalue weighted by Gasteiger charge is -2.41. The molecule has 0 aromatic heterocycles. The molecule has 0 atom stereocenters. The standard InChI is InChI=1S/C37H28N2O3/c38-27-13-21-31(22-14-27)40-29-17-9-25(10-18-29)37(26-11-19-30(20-12-26)41-32-23-15-28(39)16-24-32)33-5-1-3-7-35(33)42-36-8-4-2-6-34(36)37/h1-24H,38-39H2. The Morgan fingerprint density at radius 2 is 0.738 bits per heavy atom. The summed E-state index contributed by atoms with van der Waals surface area (Å²) in [5, 5.41) is 0. The van der Waals surface area contributed by atoms with E-state index in [0.29, 0.717) is 11.4 Å². The molecular weight excluding hydrogens is 520 g/mol. The summed E-state index contributed by atoms with van der Waals surface area (Å²) < 4.78 is 18.7. The third-order valence-electron chi connectivity index (χ3n) is 7.61. The Morgan fingerprint density at radius 3 is 1.12 bits per heavy atom. The number of hydrogen-bond donors (Lipinski definition) is 2. The highest BCUT2D eigenvalue weighted by Gasteiger charge is 2.45. The monoisotopic (exact) mass is 548 g/mol. The molecule has 7 rings (SSSR count). The molecule has 0 saturated heterocycles. The van der Waals surface area contributed by atoms with Crippen LogP contribution in [0.25, 0.3) is 0 Å². The first-order valence-corrected chi connectivity index (χ1v) is 13.7. The highest BCUT2D eigenvalue weighted by molar-refractivity contribution is 5.69. The zero-order valence-electron chi connectivity index (χ0n) is 22.7. The smallest absolute Gasteiger partial charge is 0.132 e. The number of benzene rings is 6. The normalized spacial score (nSPS) is 12.9. The maximum absolute atomic E-state index is 6.43. The quantitative estimate of drug-likeness (QED) is 0.203. The molecule has 4 N–H and O–H groups in total. The molecule has 42 heavy (non-hydrogen) atoms. The van der Waals surface area contributed by atoms with Gasteiger partial charge >= 0.3 is 0 Å². The maximum Gasteiger partial charge on any atom is 0.132 e. The van der Waals surface area contributed by atoms with Gasteiger partial charge in [0.2, 0.25) is 0 Å². The summed E-state index contributed by atoms with van der Waals surface area (Å²) in [6.45, 7) is 0. The SMILES string of the molecule is Nc1ccc(Oc2ccc(C3(c4ccc(Oc5ccc(N)cc5)cc4)c4ccccc4Oc4ccccc43)cc2)cc1. The minimum absolute atomic E-state index is 0.648. The number of hydrogen-bond acceptors (Lipinski definition) is 5. The molecule has 204 valence electrons. The summed E-state index contributed by atoms with van der Waals surface area (Å²) in [6, 6.07) is 47.8. The summed E-state index contributed by atoms with van der Waals surface area (Å²) in [7, 11) is 0. The fourth-order valence-electron chi connectivity index (χ4n) is 5.67. The topological polar surface area (TPSA) is 79.7 Å². The molecule has 0 radical (unpaired) electrons. The van der Waals surface area contributed by atoms with Crippen molar-refractivity contribution in [1.82, 2.24) is 0 Å². The van der Waals surface area contributed by atoms with Crippen LogP contribution in [0, 0.1) is 0 Å². The Bertz CT molecular complexity index is 1710. The Balaban J connectivity index is 1.35. The van der Waals surface area contributed by atoms with E-state index < -0.39 is 5.41 Å². The molecule has 6 aromatic carbocycles. The number of fused-ring (bicyclic) bond motifs is 2. The van der Waals surface area contributed by atoms with Crippen molar-refractivity contribution in [2.24, 2.45) is 0 Å². The van der Waals surface area contributed by atoms with Gasteiger partial charge in [0.15, 0.2) is 0 Å². The van der Waals surface area contributed by atoms with Crippen molar-refractivity contribution in [3.05, 3.63) is 168 Å². The number of anilines is 2. The van der Waals surface area contributed by atoms with Crippen molar-refractivity contribution >= 4 is 11.4 Å². The van der Waals surface area contributed by atoms with Crippen molar-refractivity contribution in [3.63, 3.8) is 0 Å². The summed E-state index contributed by atoms with van der Waals surface area (Å²) >= 11 is 0. The van der Waals surface area contributed by atoms with Crippen molar-refractivity contribution in [2.75, 3.05) is 11.5 Å². The van der Waals surface area contributed by atoms with Crippen LogP contribution < -0.4 is 25.7 Å². The Hall–Kier alpha value is -5.68. The van der Waals surface area contributed by atoms with Gasteiger partial charge < -0.3 is 25.7 Å². The van der Waals surface area contributed by atoms with E-state index in [1.54, 1.807) is 0 Å². The number of nitrogen functional groups attached to an aromatic ring is 2. The van der Waals surface area contributed by atoms with Crippen LogP contribution in [0.4, 0.5) is 11.4 Å². The lowest BCUT2D eigenvalue weighted by molar-refractivity contribution is 0.434. The van der Waals surface area contributed by atoms with Crippen LogP contribution in [0.1, 0.15) is 22.3 Å². The average molecular weight is 549 g/mol. The van der Waals surface area contributed by atoms with Gasteiger partial charge in [0, 0.05) is 22.5 Å². The van der Waals surface area contributed by atoms with Crippen LogP contribution in [-0.2, 0) is 5.41 Å². The van der Waals surface area contributed by atoms with Gasteiger partial charge in [0.1, 0.15) is 34.5 Å². The van der Waals surface area contributed by atoms with Gasteiger partial charge in [-0.3, -0.25) is 0 Å². The molecule has 0 bridgehead atoms. The van der Waals surface area contributed by atoms with E-state index in [4.69, 9.17) is 25.7 Å². The lowest BCUT2D eigenvalue weighted by Crippen LogP contribution is -2.34. The number of ether oxygens (including phenoxy) is 3. The minimum Gasteiger partial charge on any atom is -0.457 e. The number of para-hydroxylation sites is 2. The fraction of sp³-hybridized carbons (Fsp3) is 0.0270. The van der Waals surface area contributed by atoms with Gasteiger partial charge in [-0.25, -0.2) is 0 Å². The summed E-state index contributed by atoms with van der Waals surface area (Å²) in [6.07, 6.45) is 0. The first kappa shape index (κ1) is 25.3.